The summed E-state index contributed by atoms with van der Waals surface area (Å²) in [6.45, 7) is 9.44. The Bertz CT molecular complexity index is 1280. The Morgan fingerprint density at radius 1 is 1.09 bits per heavy atom. The maximum absolute atomic E-state index is 2.73. The summed E-state index contributed by atoms with van der Waals surface area (Å²) in [4.78, 5) is 2.48. The highest BCUT2D eigenvalue weighted by Crippen LogP contribution is 2.49. The van der Waals surface area contributed by atoms with Gasteiger partial charge in [0.25, 0.3) is 5.82 Å². The molecule has 1 aromatic heterocycles. The molecule has 3 aromatic rings. The molecule has 2 aromatic carbocycles. The molecule has 0 amide bonds. The largest absolute Gasteiger partial charge is 0.333 e. The normalized spacial score (nSPS) is 21.8. The molecule has 4 heterocycles. The van der Waals surface area contributed by atoms with Crippen molar-refractivity contribution in [2.75, 3.05) is 11.9 Å². The summed E-state index contributed by atoms with van der Waals surface area (Å²) < 4.78 is 5.39. The van der Waals surface area contributed by atoms with Crippen LogP contribution >= 0.6 is 0 Å². The summed E-state index contributed by atoms with van der Waals surface area (Å²) in [6, 6.07) is 11.9. The fourth-order valence-electron chi connectivity index (χ4n) is 6.59. The first-order valence-electron chi connectivity index (χ1n) is 12.6. The van der Waals surface area contributed by atoms with Crippen LogP contribution in [-0.4, -0.2) is 11.6 Å². The molecule has 3 aliphatic rings. The molecule has 3 heteroatoms. The average molecular weight is 427 g/mol. The topological polar surface area (TPSA) is 12.0 Å². The second-order valence-electron chi connectivity index (χ2n) is 10.6. The zero-order valence-electron chi connectivity index (χ0n) is 20.3. The second kappa shape index (κ2) is 6.73. The van der Waals surface area contributed by atoms with Crippen LogP contribution in [0, 0.1) is 0 Å². The molecule has 2 bridgehead atoms. The predicted octanol–water partition coefficient (Wildman–Crippen LogP) is 6.55. The number of hydrogen-bond acceptors (Lipinski definition) is 1. The highest BCUT2D eigenvalue weighted by Gasteiger charge is 2.51. The van der Waals surface area contributed by atoms with Crippen molar-refractivity contribution in [2.45, 2.75) is 83.8 Å². The van der Waals surface area contributed by atoms with E-state index in [1.807, 2.05) is 0 Å². The van der Waals surface area contributed by atoms with Crippen LogP contribution < -0.4 is 9.47 Å². The molecule has 3 nitrogen and oxygen atoms in total. The first-order chi connectivity index (χ1) is 15.4. The lowest BCUT2D eigenvalue weighted by molar-refractivity contribution is -0.725. The molecule has 1 unspecified atom stereocenters. The van der Waals surface area contributed by atoms with Crippen molar-refractivity contribution in [1.82, 2.24) is 4.57 Å². The van der Waals surface area contributed by atoms with Gasteiger partial charge >= 0.3 is 0 Å². The number of fused-ring (bicyclic) bond motifs is 2. The number of hydrogen-bond donors (Lipinski definition) is 0. The Balaban J connectivity index is 1.76. The van der Waals surface area contributed by atoms with Gasteiger partial charge in [-0.25, -0.2) is 4.57 Å². The zero-order chi connectivity index (χ0) is 22.3. The van der Waals surface area contributed by atoms with E-state index in [0.29, 0.717) is 0 Å². The van der Waals surface area contributed by atoms with Crippen molar-refractivity contribution in [1.29, 1.82) is 0 Å². The molecule has 1 atom stereocenters. The lowest BCUT2D eigenvalue weighted by atomic mass is 9.87. The fraction of sp³-hybridized carbons (Fsp3) is 0.483. The third-order valence-electron chi connectivity index (χ3n) is 8.74. The van der Waals surface area contributed by atoms with Crippen molar-refractivity contribution in [3.63, 3.8) is 0 Å². The molecule has 166 valence electrons. The van der Waals surface area contributed by atoms with Crippen LogP contribution in [0.5, 0.6) is 0 Å². The summed E-state index contributed by atoms with van der Waals surface area (Å²) in [7, 11) is 2.26. The number of anilines is 1. The zero-order valence-corrected chi connectivity index (χ0v) is 20.3. The van der Waals surface area contributed by atoms with Crippen LogP contribution in [0.3, 0.4) is 0 Å². The third-order valence-corrected chi connectivity index (χ3v) is 8.74. The smallest absolute Gasteiger partial charge is 0.295 e. The SMILES string of the molecule is CCCCCc1cc2c3cc1CCC1(CC)C=Cc4cccc5c4-c(n31)[n+]2C(C)(C)N5C. The van der Waals surface area contributed by atoms with Crippen molar-refractivity contribution in [2.24, 2.45) is 0 Å². The highest BCUT2D eigenvalue weighted by molar-refractivity contribution is 5.89. The second-order valence-corrected chi connectivity index (χ2v) is 10.6. The molecule has 0 saturated heterocycles. The van der Waals surface area contributed by atoms with E-state index in [9.17, 15) is 0 Å². The van der Waals surface area contributed by atoms with Gasteiger partial charge in [0.15, 0.2) is 16.7 Å². The molecule has 0 N–H and O–H groups in total. The minimum absolute atomic E-state index is 0.0257. The molecule has 6 rings (SSSR count). The number of unbranched alkanes of at least 4 members (excludes halogenated alkanes) is 2. The van der Waals surface area contributed by atoms with Gasteiger partial charge in [0.1, 0.15) is 5.54 Å². The van der Waals surface area contributed by atoms with Crippen molar-refractivity contribution in [3.05, 3.63) is 53.1 Å². The minimum atomic E-state index is -0.143. The molecule has 0 fully saturated rings. The van der Waals surface area contributed by atoms with Crippen LogP contribution in [0.2, 0.25) is 0 Å². The number of imidazole rings is 1. The van der Waals surface area contributed by atoms with Gasteiger partial charge < -0.3 is 4.90 Å². The Kier molecular flexibility index (Phi) is 4.22. The molecule has 0 spiro atoms. The fourth-order valence-corrected chi connectivity index (χ4v) is 6.59. The first kappa shape index (κ1) is 20.1. The molecule has 0 radical (unpaired) electrons. The van der Waals surface area contributed by atoms with Gasteiger partial charge in [0.2, 0.25) is 0 Å². The van der Waals surface area contributed by atoms with E-state index in [1.165, 1.54) is 72.2 Å². The van der Waals surface area contributed by atoms with E-state index in [4.69, 9.17) is 0 Å². The van der Waals surface area contributed by atoms with Crippen molar-refractivity contribution >= 4 is 22.8 Å². The number of benzene rings is 2. The number of aryl methyl sites for hydroxylation is 2. The third kappa shape index (κ3) is 2.40. The molecule has 32 heavy (non-hydrogen) atoms. The van der Waals surface area contributed by atoms with E-state index < -0.39 is 0 Å². The number of rotatable bonds is 5. The van der Waals surface area contributed by atoms with E-state index in [0.717, 1.165) is 6.42 Å². The Hall–Kier alpha value is -2.55. The van der Waals surface area contributed by atoms with Crippen LogP contribution in [0.15, 0.2) is 36.4 Å². The Morgan fingerprint density at radius 2 is 1.94 bits per heavy atom. The lowest BCUT2D eigenvalue weighted by Gasteiger charge is -2.40. The van der Waals surface area contributed by atoms with Crippen molar-refractivity contribution < 1.29 is 4.57 Å². The summed E-state index contributed by atoms with van der Waals surface area (Å²) >= 11 is 0. The number of nitrogens with zero attached hydrogens (tertiary/aromatic N) is 3. The summed E-state index contributed by atoms with van der Waals surface area (Å²) in [5.74, 6) is 1.40. The Morgan fingerprint density at radius 3 is 2.72 bits per heavy atom. The number of allylic oxidation sites excluding steroid dienone is 1. The summed E-state index contributed by atoms with van der Waals surface area (Å²) in [5, 5.41) is 0. The van der Waals surface area contributed by atoms with Gasteiger partial charge in [0.05, 0.1) is 11.3 Å². The first-order valence-corrected chi connectivity index (χ1v) is 12.6. The minimum Gasteiger partial charge on any atom is -0.333 e. The van der Waals surface area contributed by atoms with Crippen LogP contribution in [0.25, 0.3) is 28.5 Å². The quantitative estimate of drug-likeness (QED) is 0.333. The van der Waals surface area contributed by atoms with Gasteiger partial charge in [-0.1, -0.05) is 44.9 Å². The van der Waals surface area contributed by atoms with Gasteiger partial charge in [-0.15, -0.1) is 0 Å². The monoisotopic (exact) mass is 426 g/mol. The summed E-state index contributed by atoms with van der Waals surface area (Å²) in [6.07, 6.45) is 13.5. The number of aromatic nitrogens is 2. The average Bonchev–Trinajstić information content (AvgIpc) is 2.97. The van der Waals surface area contributed by atoms with Crippen LogP contribution in [-0.2, 0) is 24.0 Å². The predicted molar refractivity (Wildman–Crippen MR) is 134 cm³/mol. The van der Waals surface area contributed by atoms with E-state index in [1.54, 1.807) is 11.1 Å². The van der Waals surface area contributed by atoms with Crippen LogP contribution in [0.1, 0.15) is 76.5 Å². The lowest BCUT2D eigenvalue weighted by Crippen LogP contribution is -2.65. The molecule has 0 saturated carbocycles. The van der Waals surface area contributed by atoms with Gasteiger partial charge in [-0.3, -0.25) is 0 Å². The van der Waals surface area contributed by atoms with Gasteiger partial charge in [0, 0.05) is 7.05 Å². The van der Waals surface area contributed by atoms with E-state index in [2.05, 4.69) is 91.3 Å². The van der Waals surface area contributed by atoms with Crippen LogP contribution in [0.4, 0.5) is 5.69 Å². The molecule has 0 aliphatic carbocycles. The van der Waals surface area contributed by atoms with E-state index >= 15 is 0 Å². The highest BCUT2D eigenvalue weighted by atomic mass is 15.4. The standard InChI is InChI=1S/C29H36N3/c1-6-8-9-11-21-18-24-25-19-22(21)15-17-29(7-2)16-14-20-12-10-13-23-26(20)27(32(25)29)31(24)28(3,4)30(23)5/h10,12-14,16,18-19H,6-9,11,15,17H2,1-5H3/q+1. The molecular weight excluding hydrogens is 390 g/mol. The van der Waals surface area contributed by atoms with E-state index in [-0.39, 0.29) is 11.2 Å². The van der Waals surface area contributed by atoms with Crippen molar-refractivity contribution in [3.8, 4) is 11.4 Å². The maximum atomic E-state index is 2.73. The maximum Gasteiger partial charge on any atom is 0.295 e. The molecule has 3 aliphatic heterocycles. The van der Waals surface area contributed by atoms with Gasteiger partial charge in [-0.2, -0.15) is 4.57 Å². The summed E-state index contributed by atoms with van der Waals surface area (Å²) in [5.41, 5.74) is 9.95. The Labute approximate surface area is 192 Å². The molecular formula is C29H36N3+. The van der Waals surface area contributed by atoms with Gasteiger partial charge in [-0.05, 0) is 86.9 Å².